The highest BCUT2D eigenvalue weighted by atomic mass is 16.3. The molecule has 148 valence electrons. The lowest BCUT2D eigenvalue weighted by Gasteiger charge is -2.18. The molecule has 0 unspecified atom stereocenters. The van der Waals surface area contributed by atoms with Gasteiger partial charge in [0.25, 0.3) is 5.91 Å². The number of nitrogens with one attached hydrogen (secondary N) is 1. The molecule has 0 radical (unpaired) electrons. The molecule has 1 N–H and O–H groups in total. The highest BCUT2D eigenvalue weighted by Gasteiger charge is 2.17. The summed E-state index contributed by atoms with van der Waals surface area (Å²) in [6.07, 6.45) is 1.67. The Morgan fingerprint density at radius 2 is 1.89 bits per heavy atom. The summed E-state index contributed by atoms with van der Waals surface area (Å²) >= 11 is 0. The highest BCUT2D eigenvalue weighted by molar-refractivity contribution is 6.05. The Hall–Kier alpha value is -2.79. The third kappa shape index (κ3) is 4.54. The van der Waals surface area contributed by atoms with E-state index in [0.29, 0.717) is 12.1 Å². The van der Waals surface area contributed by atoms with Crippen molar-refractivity contribution in [2.45, 2.75) is 40.8 Å². The van der Waals surface area contributed by atoms with Crippen molar-refractivity contribution in [3.05, 3.63) is 77.0 Å². The molecule has 0 saturated carbocycles. The van der Waals surface area contributed by atoms with Crippen molar-refractivity contribution < 1.29 is 9.21 Å². The Labute approximate surface area is 167 Å². The third-order valence-corrected chi connectivity index (χ3v) is 5.20. The van der Waals surface area contributed by atoms with Crippen LogP contribution in [0.15, 0.2) is 53.1 Å². The maximum atomic E-state index is 12.9. The standard InChI is InChI=1S/C23H29N3O2/c1-5-25(6-2)15-19-9-7-10-20(14-19)24-23(27)22-13-17(3)26(18(22)4)16-21-11-8-12-28-21/h7-14H,5-6,15-16H2,1-4H3,(H,24,27). The second-order valence-electron chi connectivity index (χ2n) is 7.07. The van der Waals surface area contributed by atoms with E-state index in [2.05, 4.69) is 40.8 Å². The van der Waals surface area contributed by atoms with E-state index in [4.69, 9.17) is 4.42 Å². The molecular formula is C23H29N3O2. The van der Waals surface area contributed by atoms with Gasteiger partial charge in [0.15, 0.2) is 0 Å². The number of nitrogens with zero attached hydrogens (tertiary/aromatic N) is 2. The van der Waals surface area contributed by atoms with E-state index in [1.54, 1.807) is 6.26 Å². The first-order valence-corrected chi connectivity index (χ1v) is 9.83. The quantitative estimate of drug-likeness (QED) is 0.609. The van der Waals surface area contributed by atoms with Crippen LogP contribution in [0.3, 0.4) is 0 Å². The van der Waals surface area contributed by atoms with Crippen LogP contribution in [0.5, 0.6) is 0 Å². The summed E-state index contributed by atoms with van der Waals surface area (Å²) in [6.45, 7) is 11.8. The fourth-order valence-corrected chi connectivity index (χ4v) is 3.48. The number of benzene rings is 1. The number of anilines is 1. The largest absolute Gasteiger partial charge is 0.467 e. The van der Waals surface area contributed by atoms with Crippen LogP contribution < -0.4 is 5.32 Å². The molecule has 2 heterocycles. The van der Waals surface area contributed by atoms with E-state index >= 15 is 0 Å². The first kappa shape index (κ1) is 20.0. The predicted octanol–water partition coefficient (Wildman–Crippen LogP) is 4.84. The summed E-state index contributed by atoms with van der Waals surface area (Å²) in [4.78, 5) is 15.2. The summed E-state index contributed by atoms with van der Waals surface area (Å²) in [6, 6.07) is 13.8. The predicted molar refractivity (Wildman–Crippen MR) is 113 cm³/mol. The fraction of sp³-hybridized carbons (Fsp3) is 0.348. The normalized spacial score (nSPS) is 11.2. The van der Waals surface area contributed by atoms with Gasteiger partial charge in [-0.05, 0) is 62.8 Å². The molecule has 3 aromatic rings. The lowest BCUT2D eigenvalue weighted by atomic mass is 10.1. The molecule has 0 aliphatic carbocycles. The maximum absolute atomic E-state index is 12.9. The minimum atomic E-state index is -0.0845. The van der Waals surface area contributed by atoms with E-state index in [9.17, 15) is 4.79 Å². The van der Waals surface area contributed by atoms with Crippen molar-refractivity contribution in [2.24, 2.45) is 0 Å². The van der Waals surface area contributed by atoms with Crippen molar-refractivity contribution in [1.29, 1.82) is 0 Å². The van der Waals surface area contributed by atoms with Gasteiger partial charge in [-0.3, -0.25) is 9.69 Å². The average Bonchev–Trinajstić information content (AvgIpc) is 3.30. The van der Waals surface area contributed by atoms with Crippen LogP contribution in [0.4, 0.5) is 5.69 Å². The van der Waals surface area contributed by atoms with Crippen molar-refractivity contribution in [2.75, 3.05) is 18.4 Å². The zero-order chi connectivity index (χ0) is 20.1. The Balaban J connectivity index is 1.75. The Kier molecular flexibility index (Phi) is 6.37. The van der Waals surface area contributed by atoms with Gasteiger partial charge < -0.3 is 14.3 Å². The van der Waals surface area contributed by atoms with Crippen LogP contribution in [0, 0.1) is 13.8 Å². The number of amides is 1. The fourth-order valence-electron chi connectivity index (χ4n) is 3.48. The van der Waals surface area contributed by atoms with Crippen LogP contribution in [0.25, 0.3) is 0 Å². The molecule has 28 heavy (non-hydrogen) atoms. The van der Waals surface area contributed by atoms with Crippen molar-refractivity contribution in [3.8, 4) is 0 Å². The molecule has 5 nitrogen and oxygen atoms in total. The van der Waals surface area contributed by atoms with Gasteiger partial charge in [-0.15, -0.1) is 0 Å². The van der Waals surface area contributed by atoms with Crippen LogP contribution >= 0.6 is 0 Å². The van der Waals surface area contributed by atoms with Crippen LogP contribution in [-0.2, 0) is 13.1 Å². The molecule has 5 heteroatoms. The zero-order valence-corrected chi connectivity index (χ0v) is 17.2. The second kappa shape index (κ2) is 8.93. The van der Waals surface area contributed by atoms with Crippen molar-refractivity contribution in [1.82, 2.24) is 9.47 Å². The molecule has 0 bridgehead atoms. The number of carbonyl (C=O) groups excluding carboxylic acids is 1. The molecule has 1 aromatic carbocycles. The Morgan fingerprint density at radius 1 is 1.11 bits per heavy atom. The van der Waals surface area contributed by atoms with Gasteiger partial charge >= 0.3 is 0 Å². The number of hydrogen-bond donors (Lipinski definition) is 1. The Morgan fingerprint density at radius 3 is 2.57 bits per heavy atom. The van der Waals surface area contributed by atoms with Crippen LogP contribution in [-0.4, -0.2) is 28.5 Å². The summed E-state index contributed by atoms with van der Waals surface area (Å²) in [5, 5.41) is 3.05. The molecule has 0 atom stereocenters. The molecule has 1 amide bonds. The van der Waals surface area contributed by atoms with E-state index in [1.807, 2.05) is 44.2 Å². The van der Waals surface area contributed by atoms with Crippen LogP contribution in [0.1, 0.15) is 46.9 Å². The number of hydrogen-bond acceptors (Lipinski definition) is 3. The number of rotatable bonds is 8. The first-order chi connectivity index (χ1) is 13.5. The molecule has 0 aliphatic heterocycles. The van der Waals surface area contributed by atoms with Gasteiger partial charge in [-0.2, -0.15) is 0 Å². The van der Waals surface area contributed by atoms with E-state index in [0.717, 1.165) is 42.5 Å². The third-order valence-electron chi connectivity index (χ3n) is 5.20. The van der Waals surface area contributed by atoms with E-state index < -0.39 is 0 Å². The van der Waals surface area contributed by atoms with Crippen LogP contribution in [0.2, 0.25) is 0 Å². The molecular weight excluding hydrogens is 350 g/mol. The van der Waals surface area contributed by atoms with E-state index in [1.165, 1.54) is 5.56 Å². The summed E-state index contributed by atoms with van der Waals surface area (Å²) < 4.78 is 7.55. The lowest BCUT2D eigenvalue weighted by Crippen LogP contribution is -2.22. The van der Waals surface area contributed by atoms with Gasteiger partial charge in [0.1, 0.15) is 5.76 Å². The highest BCUT2D eigenvalue weighted by Crippen LogP contribution is 2.20. The van der Waals surface area contributed by atoms with Gasteiger partial charge in [0.05, 0.1) is 18.4 Å². The van der Waals surface area contributed by atoms with Crippen molar-refractivity contribution >= 4 is 11.6 Å². The summed E-state index contributed by atoms with van der Waals surface area (Å²) in [5.41, 5.74) is 4.69. The molecule has 0 aliphatic rings. The zero-order valence-electron chi connectivity index (χ0n) is 17.2. The monoisotopic (exact) mass is 379 g/mol. The average molecular weight is 380 g/mol. The smallest absolute Gasteiger partial charge is 0.257 e. The molecule has 0 saturated heterocycles. The number of aromatic nitrogens is 1. The Bertz CT molecular complexity index is 921. The topological polar surface area (TPSA) is 50.4 Å². The second-order valence-corrected chi connectivity index (χ2v) is 7.07. The van der Waals surface area contributed by atoms with Gasteiger partial charge in [0, 0.05) is 23.6 Å². The van der Waals surface area contributed by atoms with Gasteiger partial charge in [-0.1, -0.05) is 26.0 Å². The molecule has 0 spiro atoms. The summed E-state index contributed by atoms with van der Waals surface area (Å²) in [7, 11) is 0. The van der Waals surface area contributed by atoms with Gasteiger partial charge in [0.2, 0.25) is 0 Å². The summed E-state index contributed by atoms with van der Waals surface area (Å²) in [5.74, 6) is 0.789. The molecule has 2 aromatic heterocycles. The molecule has 3 rings (SSSR count). The number of aryl methyl sites for hydroxylation is 1. The lowest BCUT2D eigenvalue weighted by molar-refractivity contribution is 0.102. The first-order valence-electron chi connectivity index (χ1n) is 9.83. The minimum absolute atomic E-state index is 0.0845. The van der Waals surface area contributed by atoms with Crippen molar-refractivity contribution in [3.63, 3.8) is 0 Å². The van der Waals surface area contributed by atoms with Gasteiger partial charge in [-0.25, -0.2) is 0 Å². The molecule has 0 fully saturated rings. The van der Waals surface area contributed by atoms with E-state index in [-0.39, 0.29) is 5.91 Å². The maximum Gasteiger partial charge on any atom is 0.257 e. The number of carbonyl (C=O) groups is 1. The number of furan rings is 1. The SMILES string of the molecule is CCN(CC)Cc1cccc(NC(=O)c2cc(C)n(Cc3ccco3)c2C)c1. The minimum Gasteiger partial charge on any atom is -0.467 e.